The van der Waals surface area contributed by atoms with Crippen molar-refractivity contribution in [2.24, 2.45) is 0 Å². The molecule has 0 aromatic heterocycles. The summed E-state index contributed by atoms with van der Waals surface area (Å²) in [7, 11) is 3.41. The molecule has 0 saturated heterocycles. The van der Waals surface area contributed by atoms with E-state index in [1.165, 1.54) is 16.7 Å². The number of aryl methyl sites for hydroxylation is 2. The molecule has 2 heteroatoms. The number of methoxy groups -OCH3 is 2. The molecular weight excluding hydrogens is 176 g/mol. The first-order valence-electron chi connectivity index (χ1n) is 4.74. The van der Waals surface area contributed by atoms with Crippen molar-refractivity contribution in [2.45, 2.75) is 27.4 Å². The molecule has 0 spiro atoms. The Morgan fingerprint density at radius 1 is 1.07 bits per heavy atom. The van der Waals surface area contributed by atoms with Crippen molar-refractivity contribution in [3.63, 3.8) is 0 Å². The molecule has 0 atom stereocenters. The van der Waals surface area contributed by atoms with Gasteiger partial charge in [0.1, 0.15) is 5.75 Å². The summed E-state index contributed by atoms with van der Waals surface area (Å²) in [6.45, 7) is 6.87. The Morgan fingerprint density at radius 3 is 2.21 bits per heavy atom. The Bertz CT molecular complexity index is 330. The van der Waals surface area contributed by atoms with Crippen molar-refractivity contribution in [1.82, 2.24) is 0 Å². The maximum atomic E-state index is 5.41. The SMILES string of the molecule is COCc1c(C)cc(C)c(C)c1OC. The summed E-state index contributed by atoms with van der Waals surface area (Å²) < 4.78 is 10.6. The summed E-state index contributed by atoms with van der Waals surface area (Å²) in [5, 5.41) is 0. The second-order valence-corrected chi connectivity index (χ2v) is 3.58. The minimum atomic E-state index is 0.607. The highest BCUT2D eigenvalue weighted by Gasteiger charge is 2.11. The molecule has 0 fully saturated rings. The largest absolute Gasteiger partial charge is 0.496 e. The van der Waals surface area contributed by atoms with Crippen molar-refractivity contribution < 1.29 is 9.47 Å². The Balaban J connectivity index is 3.31. The molecule has 1 rings (SSSR count). The van der Waals surface area contributed by atoms with Gasteiger partial charge in [-0.2, -0.15) is 0 Å². The van der Waals surface area contributed by atoms with Gasteiger partial charge in [-0.05, 0) is 37.5 Å². The van der Waals surface area contributed by atoms with Crippen molar-refractivity contribution in [1.29, 1.82) is 0 Å². The zero-order valence-electron chi connectivity index (χ0n) is 9.60. The van der Waals surface area contributed by atoms with Gasteiger partial charge in [-0.3, -0.25) is 0 Å². The molecule has 0 heterocycles. The van der Waals surface area contributed by atoms with E-state index in [9.17, 15) is 0 Å². The van der Waals surface area contributed by atoms with Crippen LogP contribution >= 0.6 is 0 Å². The quantitative estimate of drug-likeness (QED) is 0.736. The van der Waals surface area contributed by atoms with Crippen molar-refractivity contribution in [2.75, 3.05) is 14.2 Å². The van der Waals surface area contributed by atoms with E-state index in [2.05, 4.69) is 26.8 Å². The molecular formula is C12H18O2. The van der Waals surface area contributed by atoms with Crippen LogP contribution in [-0.4, -0.2) is 14.2 Å². The molecule has 0 aliphatic rings. The van der Waals surface area contributed by atoms with Gasteiger partial charge in [-0.25, -0.2) is 0 Å². The molecule has 14 heavy (non-hydrogen) atoms. The fraction of sp³-hybridized carbons (Fsp3) is 0.500. The standard InChI is InChI=1S/C12H18O2/c1-8-6-9(2)11(7-13-4)12(14-5)10(8)3/h6H,7H2,1-5H3. The van der Waals surface area contributed by atoms with Crippen LogP contribution < -0.4 is 4.74 Å². The lowest BCUT2D eigenvalue weighted by Crippen LogP contribution is -2.01. The topological polar surface area (TPSA) is 18.5 Å². The predicted molar refractivity (Wildman–Crippen MR) is 57.9 cm³/mol. The van der Waals surface area contributed by atoms with E-state index < -0.39 is 0 Å². The fourth-order valence-corrected chi connectivity index (χ4v) is 1.70. The molecule has 0 unspecified atom stereocenters. The molecule has 78 valence electrons. The Labute approximate surface area is 85.8 Å². The fourth-order valence-electron chi connectivity index (χ4n) is 1.70. The summed E-state index contributed by atoms with van der Waals surface area (Å²) in [4.78, 5) is 0. The highest BCUT2D eigenvalue weighted by molar-refractivity contribution is 5.49. The highest BCUT2D eigenvalue weighted by atomic mass is 16.5. The Kier molecular flexibility index (Phi) is 3.53. The molecule has 1 aromatic rings. The molecule has 0 bridgehead atoms. The minimum absolute atomic E-state index is 0.607. The lowest BCUT2D eigenvalue weighted by atomic mass is 9.99. The number of hydrogen-bond donors (Lipinski definition) is 0. The van der Waals surface area contributed by atoms with Gasteiger partial charge in [0.2, 0.25) is 0 Å². The average Bonchev–Trinajstić information content (AvgIpc) is 2.15. The summed E-state index contributed by atoms with van der Waals surface area (Å²) in [6.07, 6.45) is 0. The maximum absolute atomic E-state index is 5.41. The predicted octanol–water partition coefficient (Wildman–Crippen LogP) is 2.77. The Morgan fingerprint density at radius 2 is 1.71 bits per heavy atom. The van der Waals surface area contributed by atoms with Crippen LogP contribution in [0.25, 0.3) is 0 Å². The molecule has 0 aliphatic heterocycles. The third-order valence-corrected chi connectivity index (χ3v) is 2.61. The van der Waals surface area contributed by atoms with Gasteiger partial charge < -0.3 is 9.47 Å². The number of hydrogen-bond acceptors (Lipinski definition) is 2. The molecule has 0 radical (unpaired) electrons. The average molecular weight is 194 g/mol. The maximum Gasteiger partial charge on any atom is 0.127 e. The van der Waals surface area contributed by atoms with Crippen LogP contribution in [0.5, 0.6) is 5.75 Å². The zero-order chi connectivity index (χ0) is 10.7. The highest BCUT2D eigenvalue weighted by Crippen LogP contribution is 2.29. The molecule has 0 saturated carbocycles. The van der Waals surface area contributed by atoms with Gasteiger partial charge in [-0.15, -0.1) is 0 Å². The van der Waals surface area contributed by atoms with Crippen molar-refractivity contribution in [3.8, 4) is 5.75 Å². The van der Waals surface area contributed by atoms with Gasteiger partial charge in [0.05, 0.1) is 13.7 Å². The summed E-state index contributed by atoms with van der Waals surface area (Å²) in [5.74, 6) is 0.962. The Hall–Kier alpha value is -1.02. The van der Waals surface area contributed by atoms with Crippen LogP contribution in [0.15, 0.2) is 6.07 Å². The van der Waals surface area contributed by atoms with Gasteiger partial charge in [-0.1, -0.05) is 6.07 Å². The smallest absolute Gasteiger partial charge is 0.127 e. The van der Waals surface area contributed by atoms with E-state index in [0.29, 0.717) is 6.61 Å². The molecule has 0 aliphatic carbocycles. The molecule has 0 amide bonds. The van der Waals surface area contributed by atoms with Gasteiger partial charge >= 0.3 is 0 Å². The van der Waals surface area contributed by atoms with Crippen LogP contribution in [0, 0.1) is 20.8 Å². The van der Waals surface area contributed by atoms with E-state index in [-0.39, 0.29) is 0 Å². The van der Waals surface area contributed by atoms with Crippen LogP contribution in [0.3, 0.4) is 0 Å². The second kappa shape index (κ2) is 4.47. The first kappa shape index (κ1) is 11.1. The molecule has 2 nitrogen and oxygen atoms in total. The second-order valence-electron chi connectivity index (χ2n) is 3.58. The van der Waals surface area contributed by atoms with E-state index in [1.807, 2.05) is 0 Å². The number of rotatable bonds is 3. The van der Waals surface area contributed by atoms with Gasteiger partial charge in [0.15, 0.2) is 0 Å². The summed E-state index contributed by atoms with van der Waals surface area (Å²) in [5.41, 5.74) is 4.84. The van der Waals surface area contributed by atoms with Crippen LogP contribution in [-0.2, 0) is 11.3 Å². The monoisotopic (exact) mass is 194 g/mol. The summed E-state index contributed by atoms with van der Waals surface area (Å²) in [6, 6.07) is 2.17. The van der Waals surface area contributed by atoms with Crippen LogP contribution in [0.1, 0.15) is 22.3 Å². The first-order chi connectivity index (χ1) is 6.61. The third kappa shape index (κ3) is 1.90. The van der Waals surface area contributed by atoms with Crippen molar-refractivity contribution in [3.05, 3.63) is 28.3 Å². The van der Waals surface area contributed by atoms with Crippen molar-refractivity contribution >= 4 is 0 Å². The van der Waals surface area contributed by atoms with E-state index in [0.717, 1.165) is 11.3 Å². The first-order valence-corrected chi connectivity index (χ1v) is 4.74. The molecule has 1 aromatic carbocycles. The lowest BCUT2D eigenvalue weighted by molar-refractivity contribution is 0.181. The summed E-state index contributed by atoms with van der Waals surface area (Å²) >= 11 is 0. The van der Waals surface area contributed by atoms with Gasteiger partial charge in [0, 0.05) is 12.7 Å². The zero-order valence-corrected chi connectivity index (χ0v) is 9.60. The number of benzene rings is 1. The van der Waals surface area contributed by atoms with E-state index >= 15 is 0 Å². The van der Waals surface area contributed by atoms with E-state index in [1.54, 1.807) is 14.2 Å². The molecule has 0 N–H and O–H groups in total. The van der Waals surface area contributed by atoms with Crippen LogP contribution in [0.4, 0.5) is 0 Å². The minimum Gasteiger partial charge on any atom is -0.496 e. The van der Waals surface area contributed by atoms with Crippen LogP contribution in [0.2, 0.25) is 0 Å². The number of ether oxygens (including phenoxy) is 2. The van der Waals surface area contributed by atoms with Gasteiger partial charge in [0.25, 0.3) is 0 Å². The third-order valence-electron chi connectivity index (χ3n) is 2.61. The van der Waals surface area contributed by atoms with E-state index in [4.69, 9.17) is 9.47 Å². The normalized spacial score (nSPS) is 10.4. The lowest BCUT2D eigenvalue weighted by Gasteiger charge is -2.15.